The number of fused-ring (bicyclic) bond motifs is 2. The van der Waals surface area contributed by atoms with E-state index in [1.165, 1.54) is 28.7 Å². The van der Waals surface area contributed by atoms with Crippen molar-refractivity contribution in [3.8, 4) is 66.9 Å². The molecule has 212 valence electrons. The molecular weight excluding hydrogens is 623 g/mol. The molecule has 0 fully saturated rings. The van der Waals surface area contributed by atoms with Gasteiger partial charge in [-0.2, -0.15) is 0 Å². The van der Waals surface area contributed by atoms with Crippen LogP contribution in [0.25, 0.3) is 20.2 Å². The summed E-state index contributed by atoms with van der Waals surface area (Å²) in [6.45, 7) is 1.75. The first-order valence-corrected chi connectivity index (χ1v) is 16.0. The van der Waals surface area contributed by atoms with Crippen LogP contribution in [-0.4, -0.2) is 31.4 Å². The molecule has 2 aromatic carbocycles. The number of rotatable bonds is 3. The fourth-order valence-electron chi connectivity index (χ4n) is 4.56. The average Bonchev–Trinajstić information content (AvgIpc) is 3.78. The largest absolute Gasteiger partial charge is 0.485 e. The standard InChI is InChI=1S/C32H19NO6S4/c34-33(35)23-18-19(4-11-24-27-29(38-15-13-36-27)31(42-24)21-6-9-22(40)10-7-21)3-5-20(23)8-12-25-28-30(39-16-14-37-28)32(43-25)26-2-1-17-41-26/h1-3,5-7,9-10,17-18,40H,13-16H2. The Balaban J connectivity index is 1.22. The molecule has 2 aliphatic rings. The summed E-state index contributed by atoms with van der Waals surface area (Å²) in [5.74, 6) is 14.8. The van der Waals surface area contributed by atoms with Gasteiger partial charge in [-0.1, -0.05) is 30.0 Å². The number of nitro groups is 1. The van der Waals surface area contributed by atoms with Gasteiger partial charge in [-0.15, -0.1) is 46.6 Å². The molecule has 0 unspecified atom stereocenters. The third kappa shape index (κ3) is 5.44. The molecule has 2 aliphatic heterocycles. The number of benzene rings is 2. The van der Waals surface area contributed by atoms with Crippen molar-refractivity contribution in [2.75, 3.05) is 26.4 Å². The maximum Gasteiger partial charge on any atom is 0.286 e. The molecule has 0 spiro atoms. The van der Waals surface area contributed by atoms with E-state index in [9.17, 15) is 10.1 Å². The smallest absolute Gasteiger partial charge is 0.286 e. The molecule has 0 atom stereocenters. The van der Waals surface area contributed by atoms with Crippen LogP contribution in [0.3, 0.4) is 0 Å². The maximum atomic E-state index is 12.0. The van der Waals surface area contributed by atoms with Crippen molar-refractivity contribution in [2.24, 2.45) is 0 Å². The highest BCUT2D eigenvalue weighted by Crippen LogP contribution is 2.50. The van der Waals surface area contributed by atoms with E-state index in [0.29, 0.717) is 64.7 Å². The SMILES string of the molecule is O=[N+]([O-])c1cc(C#Cc2sc(-c3ccc(S)cc3)c3c2OCCO3)ccc1C#Cc1sc(-c2cccs2)c2c1OCCO2. The Bertz CT molecular complexity index is 1990. The first kappa shape index (κ1) is 27.4. The van der Waals surface area contributed by atoms with Crippen LogP contribution < -0.4 is 18.9 Å². The van der Waals surface area contributed by atoms with Gasteiger partial charge >= 0.3 is 0 Å². The lowest BCUT2D eigenvalue weighted by molar-refractivity contribution is -0.385. The van der Waals surface area contributed by atoms with Gasteiger partial charge in [0, 0.05) is 21.4 Å². The highest BCUT2D eigenvalue weighted by atomic mass is 32.1. The number of thiol groups is 1. The lowest BCUT2D eigenvalue weighted by Crippen LogP contribution is -2.15. The number of thiophene rings is 3. The molecular formula is C32H19NO6S4. The molecule has 43 heavy (non-hydrogen) atoms. The van der Waals surface area contributed by atoms with Crippen LogP contribution in [0, 0.1) is 33.8 Å². The number of hydrogen-bond donors (Lipinski definition) is 1. The second-order valence-corrected chi connectivity index (χ2v) is 12.7. The molecule has 0 radical (unpaired) electrons. The van der Waals surface area contributed by atoms with E-state index in [2.05, 4.69) is 36.3 Å². The van der Waals surface area contributed by atoms with E-state index in [1.807, 2.05) is 41.8 Å². The van der Waals surface area contributed by atoms with E-state index in [0.717, 1.165) is 25.1 Å². The van der Waals surface area contributed by atoms with Gasteiger partial charge in [-0.05, 0) is 53.1 Å². The summed E-state index contributed by atoms with van der Waals surface area (Å²) in [6, 6.07) is 16.6. The molecule has 5 heterocycles. The lowest BCUT2D eigenvalue weighted by atomic mass is 10.1. The summed E-state index contributed by atoms with van der Waals surface area (Å²) in [5.41, 5.74) is 1.62. The normalized spacial score (nSPS) is 13.0. The van der Waals surface area contributed by atoms with Gasteiger partial charge in [-0.3, -0.25) is 10.1 Å². The monoisotopic (exact) mass is 641 g/mol. The molecule has 7 nitrogen and oxygen atoms in total. The minimum Gasteiger partial charge on any atom is -0.485 e. The van der Waals surface area contributed by atoms with Crippen molar-refractivity contribution in [3.63, 3.8) is 0 Å². The maximum absolute atomic E-state index is 12.0. The number of ether oxygens (including phenoxy) is 4. The van der Waals surface area contributed by atoms with Gasteiger partial charge in [0.1, 0.15) is 41.7 Å². The summed E-state index contributed by atoms with van der Waals surface area (Å²) >= 11 is 8.89. The molecule has 0 amide bonds. The van der Waals surface area contributed by atoms with E-state index in [-0.39, 0.29) is 11.3 Å². The van der Waals surface area contributed by atoms with Crippen LogP contribution in [0.5, 0.6) is 23.0 Å². The number of hydrogen-bond acceptors (Lipinski definition) is 10. The highest BCUT2D eigenvalue weighted by molar-refractivity contribution is 7.80. The Morgan fingerprint density at radius 2 is 1.37 bits per heavy atom. The molecule has 0 bridgehead atoms. The third-order valence-corrected chi connectivity index (χ3v) is 10.0. The summed E-state index contributed by atoms with van der Waals surface area (Å²) in [7, 11) is 0. The fraction of sp³-hybridized carbons (Fsp3) is 0.125. The fourth-order valence-corrected chi connectivity index (χ4v) is 7.65. The first-order chi connectivity index (χ1) is 21.0. The third-order valence-electron chi connectivity index (χ3n) is 6.50. The van der Waals surface area contributed by atoms with Crippen LogP contribution >= 0.6 is 46.6 Å². The molecule has 7 rings (SSSR count). The predicted octanol–water partition coefficient (Wildman–Crippen LogP) is 7.74. The van der Waals surface area contributed by atoms with E-state index >= 15 is 0 Å². The van der Waals surface area contributed by atoms with E-state index in [1.54, 1.807) is 23.5 Å². The second kappa shape index (κ2) is 11.7. The zero-order valence-corrected chi connectivity index (χ0v) is 25.5. The van der Waals surface area contributed by atoms with Crippen molar-refractivity contribution in [2.45, 2.75) is 4.90 Å². The molecule has 3 aromatic heterocycles. The Kier molecular flexibility index (Phi) is 7.47. The van der Waals surface area contributed by atoms with Gasteiger partial charge in [0.05, 0.1) is 14.7 Å². The molecule has 0 saturated carbocycles. The van der Waals surface area contributed by atoms with E-state index < -0.39 is 4.92 Å². The molecule has 0 saturated heterocycles. The Morgan fingerprint density at radius 3 is 2.02 bits per heavy atom. The van der Waals surface area contributed by atoms with Gasteiger partial charge in [-0.25, -0.2) is 0 Å². The average molecular weight is 642 g/mol. The Hall–Kier alpha value is -4.39. The zero-order chi connectivity index (χ0) is 29.3. The molecule has 5 aromatic rings. The van der Waals surface area contributed by atoms with Crippen LogP contribution in [0.2, 0.25) is 0 Å². The highest BCUT2D eigenvalue weighted by Gasteiger charge is 2.26. The van der Waals surface area contributed by atoms with Crippen LogP contribution in [-0.2, 0) is 0 Å². The minimum atomic E-state index is -0.442. The van der Waals surface area contributed by atoms with Crippen LogP contribution in [0.4, 0.5) is 5.69 Å². The van der Waals surface area contributed by atoms with Crippen LogP contribution in [0.1, 0.15) is 20.9 Å². The zero-order valence-electron chi connectivity index (χ0n) is 22.2. The molecule has 0 aliphatic carbocycles. The van der Waals surface area contributed by atoms with Gasteiger partial charge < -0.3 is 18.9 Å². The second-order valence-electron chi connectivity index (χ2n) is 9.24. The predicted molar refractivity (Wildman–Crippen MR) is 172 cm³/mol. The van der Waals surface area contributed by atoms with Crippen molar-refractivity contribution < 1.29 is 23.9 Å². The van der Waals surface area contributed by atoms with Crippen LogP contribution in [0.15, 0.2) is 64.9 Å². The number of nitro benzene ring substituents is 1. The topological polar surface area (TPSA) is 80.1 Å². The summed E-state index contributed by atoms with van der Waals surface area (Å²) in [6.07, 6.45) is 0. The Labute approximate surface area is 264 Å². The molecule has 0 N–H and O–H groups in total. The van der Waals surface area contributed by atoms with Gasteiger partial charge in [0.2, 0.25) is 0 Å². The number of nitrogens with zero attached hydrogens (tertiary/aromatic N) is 1. The summed E-state index contributed by atoms with van der Waals surface area (Å²) in [5, 5.41) is 14.0. The minimum absolute atomic E-state index is 0.124. The van der Waals surface area contributed by atoms with Crippen molar-refractivity contribution in [1.82, 2.24) is 0 Å². The van der Waals surface area contributed by atoms with Gasteiger partial charge in [0.15, 0.2) is 23.0 Å². The quantitative estimate of drug-likeness (QED) is 0.0940. The van der Waals surface area contributed by atoms with Crippen molar-refractivity contribution in [3.05, 3.63) is 91.0 Å². The first-order valence-electron chi connectivity index (χ1n) is 13.1. The Morgan fingerprint density at radius 1 is 0.744 bits per heavy atom. The molecule has 11 heteroatoms. The summed E-state index contributed by atoms with van der Waals surface area (Å²) in [4.78, 5) is 16.7. The van der Waals surface area contributed by atoms with Gasteiger partial charge in [0.25, 0.3) is 5.69 Å². The van der Waals surface area contributed by atoms with Crippen molar-refractivity contribution in [1.29, 1.82) is 0 Å². The summed E-state index contributed by atoms with van der Waals surface area (Å²) < 4.78 is 23.6. The van der Waals surface area contributed by atoms with Crippen molar-refractivity contribution >= 4 is 52.3 Å². The lowest BCUT2D eigenvalue weighted by Gasteiger charge is -2.16. The van der Waals surface area contributed by atoms with E-state index in [4.69, 9.17) is 18.9 Å².